The van der Waals surface area contributed by atoms with E-state index in [-0.39, 0.29) is 47.1 Å². The number of carbonyl (C=O) groups is 4. The van der Waals surface area contributed by atoms with Gasteiger partial charge in [-0.05, 0) is 78.4 Å². The molecule has 0 spiro atoms. The highest BCUT2D eigenvalue weighted by Gasteiger charge is 2.57. The van der Waals surface area contributed by atoms with E-state index in [9.17, 15) is 32.3 Å². The molecule has 8 N–H and O–H groups in total. The van der Waals surface area contributed by atoms with Gasteiger partial charge in [0.15, 0.2) is 22.9 Å². The Morgan fingerprint density at radius 3 is 1.34 bits per heavy atom. The van der Waals surface area contributed by atoms with E-state index in [0.29, 0.717) is 35.3 Å². The molecule has 484 valence electrons. The molecule has 25 heteroatoms. The number of nitrogens with zero attached hydrogens (tertiary/aromatic N) is 13. The SMILES string of the molecule is CC(=O)C(F)(F)F.COC1(C)CC(N)(c2ccc(-c3nc4ccn5c(-c6cn(C)cn6)nnc5c4cc3-c3ccccc3)cc2)C1.Cn1cnc(-c2nnc3c4cc(-c5ccccc5)c(-c5ccc(C6(N7C(=O)c8ccccc8C7=O)CC(=O)C6)cc5)nc4ccn23)c1.NN.O. The first-order chi connectivity index (χ1) is 45.7. The molecule has 3 aliphatic rings. The van der Waals surface area contributed by atoms with Crippen LogP contribution in [0.25, 0.3) is 101 Å². The van der Waals surface area contributed by atoms with Crippen molar-refractivity contribution >= 4 is 56.5 Å². The number of halogens is 3. The number of hydrazine groups is 1. The molecule has 9 heterocycles. The van der Waals surface area contributed by atoms with E-state index < -0.39 is 17.5 Å². The van der Waals surface area contributed by atoms with Crippen LogP contribution in [-0.4, -0.2) is 111 Å². The second kappa shape index (κ2) is 25.2. The molecule has 2 aliphatic carbocycles. The molecule has 13 aromatic rings. The standard InChI is InChI=1S/C37H25N7O3.C31H29N7O.C3H3F3O.H4N2.H2O/c1-42-20-31(38-21-42)34-41-40-33-29-17-28(22-7-3-2-4-8-22)32(39-30(29)15-16-43(33)34)23-11-13-24(14-12-23)37(18-25(45)19-37)44-35(46)26-9-5-6-10-27(26)36(44)47;1-30(39-3)17-31(32,18-30)22-11-9-21(10-12-22)27-23(20-7-5-4-6-8-20)15-24-25(34-27)13-14-38-28(24)35-36-29(38)26-16-37(2)19-33-26;1-2(7)3(4,5)6;1-2;/h2-17,20-21H,18-19H2,1H3;4-16,19H,17-18,32H2,1-3H3;1H3;1-2H2;1H2. The first-order valence-electron chi connectivity index (χ1n) is 30.1. The second-order valence-electron chi connectivity index (χ2n) is 24.1. The van der Waals surface area contributed by atoms with Crippen LogP contribution >= 0.6 is 0 Å². The lowest BCUT2D eigenvalue weighted by Crippen LogP contribution is -2.59. The number of nitrogens with two attached hydrogens (primary N) is 3. The number of fused-ring (bicyclic) bond motifs is 7. The van der Waals surface area contributed by atoms with E-state index in [1.165, 1.54) is 4.90 Å². The molecule has 2 amide bonds. The van der Waals surface area contributed by atoms with Gasteiger partial charge >= 0.3 is 6.18 Å². The predicted molar refractivity (Wildman–Crippen MR) is 355 cm³/mol. The van der Waals surface area contributed by atoms with Gasteiger partial charge in [-0.15, -0.1) is 20.4 Å². The molecule has 1 aliphatic heterocycles. The van der Waals surface area contributed by atoms with Gasteiger partial charge < -0.3 is 25.1 Å². The molecule has 0 unspecified atom stereocenters. The van der Waals surface area contributed by atoms with Gasteiger partial charge in [-0.3, -0.25) is 44.6 Å². The number of aromatic nitrogens is 12. The Hall–Kier alpha value is -11.4. The van der Waals surface area contributed by atoms with Gasteiger partial charge in [-0.2, -0.15) is 13.2 Å². The van der Waals surface area contributed by atoms with Gasteiger partial charge in [0, 0.05) is 104 Å². The molecule has 8 aromatic heterocycles. The van der Waals surface area contributed by atoms with Crippen molar-refractivity contribution in [2.75, 3.05) is 7.11 Å². The van der Waals surface area contributed by atoms with Gasteiger partial charge in [-0.25, -0.2) is 19.9 Å². The quantitative estimate of drug-likeness (QED) is 0.0651. The van der Waals surface area contributed by atoms with Crippen LogP contribution in [0.5, 0.6) is 0 Å². The number of aryl methyl sites for hydroxylation is 2. The smallest absolute Gasteiger partial charge is 0.412 e. The molecule has 16 rings (SSSR count). The third-order valence-corrected chi connectivity index (χ3v) is 17.7. The molecule has 2 fully saturated rings. The monoisotopic (exact) mass is 1290 g/mol. The molecular formula is C71H63F3N16O6. The van der Waals surface area contributed by atoms with Crippen LogP contribution in [0.3, 0.4) is 0 Å². The summed E-state index contributed by atoms with van der Waals surface area (Å²) in [4.78, 5) is 69.3. The maximum Gasteiger partial charge on any atom is 0.449 e. The minimum Gasteiger partial charge on any atom is -0.412 e. The van der Waals surface area contributed by atoms with Gasteiger partial charge in [-0.1, -0.05) is 121 Å². The molecule has 0 atom stereocenters. The number of alkyl halides is 3. The summed E-state index contributed by atoms with van der Waals surface area (Å²) in [6, 6.07) is 51.7. The predicted octanol–water partition coefficient (Wildman–Crippen LogP) is 10.4. The average Bonchev–Trinajstić information content (AvgIpc) is 1.43. The number of hydrogen-bond donors (Lipinski definition) is 3. The van der Waals surface area contributed by atoms with Gasteiger partial charge in [0.25, 0.3) is 11.8 Å². The Balaban J connectivity index is 0.000000164. The van der Waals surface area contributed by atoms with Gasteiger partial charge in [0.1, 0.15) is 17.2 Å². The van der Waals surface area contributed by atoms with Crippen molar-refractivity contribution in [3.8, 4) is 67.8 Å². The molecule has 96 heavy (non-hydrogen) atoms. The Morgan fingerprint density at radius 1 is 0.562 bits per heavy atom. The molecular weight excluding hydrogens is 1230 g/mol. The number of ketones is 2. The minimum atomic E-state index is -4.64. The number of carbonyl (C=O) groups excluding carboxylic acids is 4. The number of ether oxygens (including phenoxy) is 1. The third kappa shape index (κ3) is 11.5. The third-order valence-electron chi connectivity index (χ3n) is 17.7. The summed E-state index contributed by atoms with van der Waals surface area (Å²) in [5, 5.41) is 19.8. The number of benzene rings is 5. The first-order valence-corrected chi connectivity index (χ1v) is 30.1. The van der Waals surface area contributed by atoms with E-state index in [1.54, 1.807) is 44.0 Å². The van der Waals surface area contributed by atoms with E-state index in [1.807, 2.05) is 142 Å². The Bertz CT molecular complexity index is 5100. The summed E-state index contributed by atoms with van der Waals surface area (Å²) in [5.74, 6) is 6.87. The molecule has 2 saturated carbocycles. The van der Waals surface area contributed by atoms with Crippen molar-refractivity contribution in [2.24, 2.45) is 31.5 Å². The van der Waals surface area contributed by atoms with Crippen LogP contribution in [0, 0.1) is 0 Å². The summed E-state index contributed by atoms with van der Waals surface area (Å²) in [6.07, 6.45) is 8.35. The zero-order valence-electron chi connectivity index (χ0n) is 52.5. The van der Waals surface area contributed by atoms with Gasteiger partial charge in [0.05, 0.1) is 57.3 Å². The van der Waals surface area contributed by atoms with E-state index in [2.05, 4.69) is 97.5 Å². The summed E-state index contributed by atoms with van der Waals surface area (Å²) >= 11 is 0. The highest BCUT2D eigenvalue weighted by Crippen LogP contribution is 2.50. The topological polar surface area (TPSA) is 312 Å². The number of hydrogen-bond acceptors (Lipinski definition) is 16. The minimum absolute atomic E-state index is 0. The van der Waals surface area contributed by atoms with Crippen LogP contribution in [0.2, 0.25) is 0 Å². The van der Waals surface area contributed by atoms with Crippen LogP contribution in [0.4, 0.5) is 13.2 Å². The Morgan fingerprint density at radius 2 is 0.969 bits per heavy atom. The van der Waals surface area contributed by atoms with Crippen LogP contribution in [0.15, 0.2) is 195 Å². The number of Topliss-reactive ketones (excluding diaryl/α,β-unsaturated/α-hetero) is 2. The Kier molecular flexibility index (Phi) is 17.0. The number of amides is 2. The van der Waals surface area contributed by atoms with Crippen molar-refractivity contribution in [1.29, 1.82) is 0 Å². The molecule has 22 nitrogen and oxygen atoms in total. The zero-order chi connectivity index (χ0) is 66.7. The second-order valence-corrected chi connectivity index (χ2v) is 24.1. The zero-order valence-corrected chi connectivity index (χ0v) is 52.5. The van der Waals surface area contributed by atoms with Gasteiger partial charge in [0.2, 0.25) is 5.78 Å². The fourth-order valence-electron chi connectivity index (χ4n) is 12.9. The fraction of sp³-hybridized carbons (Fsp3) is 0.183. The van der Waals surface area contributed by atoms with Crippen molar-refractivity contribution in [3.63, 3.8) is 0 Å². The lowest BCUT2D eigenvalue weighted by atomic mass is 9.63. The molecule has 0 bridgehead atoms. The summed E-state index contributed by atoms with van der Waals surface area (Å²) < 4.78 is 45.8. The van der Waals surface area contributed by atoms with Crippen molar-refractivity contribution in [1.82, 2.24) is 63.2 Å². The van der Waals surface area contributed by atoms with Crippen molar-refractivity contribution in [2.45, 2.75) is 62.4 Å². The summed E-state index contributed by atoms with van der Waals surface area (Å²) in [6.45, 7) is 2.60. The average molecular weight is 1290 g/mol. The van der Waals surface area contributed by atoms with Crippen molar-refractivity contribution < 1.29 is 42.6 Å². The van der Waals surface area contributed by atoms with Crippen LogP contribution in [0.1, 0.15) is 71.4 Å². The summed E-state index contributed by atoms with van der Waals surface area (Å²) in [5.41, 5.74) is 19.9. The van der Waals surface area contributed by atoms with E-state index >= 15 is 0 Å². The number of imide groups is 1. The fourth-order valence-corrected chi connectivity index (χ4v) is 12.9. The van der Waals surface area contributed by atoms with E-state index in [4.69, 9.17) is 20.4 Å². The number of pyridine rings is 4. The molecule has 5 aromatic carbocycles. The molecule has 0 saturated heterocycles. The van der Waals surface area contributed by atoms with E-state index in [0.717, 1.165) is 108 Å². The van der Waals surface area contributed by atoms with Crippen LogP contribution < -0.4 is 17.4 Å². The highest BCUT2D eigenvalue weighted by atomic mass is 19.4. The van der Waals surface area contributed by atoms with Crippen LogP contribution in [-0.2, 0) is 39.5 Å². The number of imidazole rings is 2. The maximum atomic E-state index is 13.5. The highest BCUT2D eigenvalue weighted by molar-refractivity contribution is 6.22. The van der Waals surface area contributed by atoms with Crippen molar-refractivity contribution in [3.05, 3.63) is 217 Å². The number of methoxy groups -OCH3 is 1. The normalized spacial score (nSPS) is 16.9. The largest absolute Gasteiger partial charge is 0.449 e. The lowest BCUT2D eigenvalue weighted by molar-refractivity contribution is -0.168. The molecule has 0 radical (unpaired) electrons. The lowest BCUT2D eigenvalue weighted by Gasteiger charge is -2.52. The Labute approximate surface area is 546 Å². The first kappa shape index (κ1) is 64.7. The maximum absolute atomic E-state index is 13.5. The summed E-state index contributed by atoms with van der Waals surface area (Å²) in [7, 11) is 5.61. The number of rotatable bonds is 10.